The molecule has 0 radical (unpaired) electrons. The molecule has 3 nitrogen and oxygen atoms in total. The minimum Gasteiger partial charge on any atom is -0.480 e. The highest BCUT2D eigenvalue weighted by molar-refractivity contribution is 9.10. The van der Waals surface area contributed by atoms with E-state index in [1.807, 2.05) is 24.3 Å². The monoisotopic (exact) mass is 271 g/mol. The predicted octanol–water partition coefficient (Wildman–Crippen LogP) is 2.18. The lowest BCUT2D eigenvalue weighted by molar-refractivity contribution is -0.142. The number of rotatable bonds is 4. The molecule has 1 rings (SSSR count). The van der Waals surface area contributed by atoms with Gasteiger partial charge in [0.25, 0.3) is 0 Å². The van der Waals surface area contributed by atoms with E-state index in [1.165, 1.54) is 6.92 Å². The van der Waals surface area contributed by atoms with Crippen molar-refractivity contribution < 1.29 is 9.90 Å². The number of hydrogen-bond acceptors (Lipinski definition) is 2. The van der Waals surface area contributed by atoms with Crippen LogP contribution in [0.5, 0.6) is 0 Å². The van der Waals surface area contributed by atoms with Gasteiger partial charge in [-0.15, -0.1) is 0 Å². The van der Waals surface area contributed by atoms with Crippen LogP contribution in [0.15, 0.2) is 28.7 Å². The number of aliphatic carboxylic acids is 1. The van der Waals surface area contributed by atoms with Crippen molar-refractivity contribution in [2.75, 3.05) is 0 Å². The van der Waals surface area contributed by atoms with Crippen LogP contribution in [0, 0.1) is 0 Å². The van der Waals surface area contributed by atoms with Crippen molar-refractivity contribution in [1.29, 1.82) is 0 Å². The van der Waals surface area contributed by atoms with Crippen molar-refractivity contribution in [3.05, 3.63) is 34.3 Å². The summed E-state index contributed by atoms with van der Waals surface area (Å²) in [6, 6.07) is 7.79. The molecule has 0 aromatic heterocycles. The van der Waals surface area contributed by atoms with Crippen molar-refractivity contribution in [1.82, 2.24) is 0 Å². The van der Waals surface area contributed by atoms with Gasteiger partial charge in [-0.05, 0) is 37.5 Å². The van der Waals surface area contributed by atoms with Gasteiger partial charge in [0.2, 0.25) is 0 Å². The summed E-state index contributed by atoms with van der Waals surface area (Å²) < 4.78 is 1.01. The third kappa shape index (κ3) is 3.64. The van der Waals surface area contributed by atoms with Crippen LogP contribution in [-0.4, -0.2) is 16.6 Å². The first-order valence-electron chi connectivity index (χ1n) is 4.68. The summed E-state index contributed by atoms with van der Waals surface area (Å²) in [5.41, 5.74) is 5.58. The van der Waals surface area contributed by atoms with Crippen LogP contribution in [0.25, 0.3) is 0 Å². The molecular formula is C11H14BrNO2. The molecule has 0 aliphatic heterocycles. The Morgan fingerprint density at radius 1 is 1.47 bits per heavy atom. The lowest BCUT2D eigenvalue weighted by Crippen LogP contribution is -2.45. The zero-order valence-electron chi connectivity index (χ0n) is 8.53. The Balaban J connectivity index is 2.57. The molecule has 1 aromatic carbocycles. The molecule has 1 unspecified atom stereocenters. The quantitative estimate of drug-likeness (QED) is 0.883. The summed E-state index contributed by atoms with van der Waals surface area (Å²) >= 11 is 3.34. The van der Waals surface area contributed by atoms with Crippen molar-refractivity contribution in [3.8, 4) is 0 Å². The van der Waals surface area contributed by atoms with E-state index in [2.05, 4.69) is 15.9 Å². The van der Waals surface area contributed by atoms with Crippen LogP contribution in [-0.2, 0) is 11.2 Å². The number of hydrogen-bond donors (Lipinski definition) is 2. The summed E-state index contributed by atoms with van der Waals surface area (Å²) in [5.74, 6) is -0.959. The van der Waals surface area contributed by atoms with E-state index in [0.717, 1.165) is 10.0 Å². The Hall–Kier alpha value is -0.870. The maximum Gasteiger partial charge on any atom is 0.323 e. The van der Waals surface area contributed by atoms with Gasteiger partial charge >= 0.3 is 5.97 Å². The number of halogens is 1. The molecule has 0 saturated carbocycles. The Morgan fingerprint density at radius 2 is 2.00 bits per heavy atom. The zero-order chi connectivity index (χ0) is 11.5. The summed E-state index contributed by atoms with van der Waals surface area (Å²) in [5, 5.41) is 8.83. The van der Waals surface area contributed by atoms with Crippen LogP contribution < -0.4 is 5.73 Å². The third-order valence-corrected chi connectivity index (χ3v) is 2.86. The van der Waals surface area contributed by atoms with E-state index in [0.29, 0.717) is 12.8 Å². The van der Waals surface area contributed by atoms with Gasteiger partial charge in [-0.3, -0.25) is 4.79 Å². The average Bonchev–Trinajstić information content (AvgIpc) is 2.17. The molecule has 1 atom stereocenters. The number of carboxylic acid groups (broad SMARTS) is 1. The number of aryl methyl sites for hydroxylation is 1. The van der Waals surface area contributed by atoms with E-state index in [1.54, 1.807) is 0 Å². The Labute approximate surface area is 97.4 Å². The minimum absolute atomic E-state index is 0.434. The first kappa shape index (κ1) is 12.2. The number of benzene rings is 1. The van der Waals surface area contributed by atoms with Crippen molar-refractivity contribution in [2.45, 2.75) is 25.3 Å². The highest BCUT2D eigenvalue weighted by Crippen LogP contribution is 2.15. The van der Waals surface area contributed by atoms with Crippen molar-refractivity contribution in [2.24, 2.45) is 5.73 Å². The van der Waals surface area contributed by atoms with Gasteiger partial charge in [0.15, 0.2) is 0 Å². The first-order valence-corrected chi connectivity index (χ1v) is 5.48. The molecule has 0 amide bonds. The summed E-state index contributed by atoms with van der Waals surface area (Å²) in [6.07, 6.45) is 1.11. The van der Waals surface area contributed by atoms with E-state index in [9.17, 15) is 4.79 Å². The molecule has 0 saturated heterocycles. The highest BCUT2D eigenvalue weighted by Gasteiger charge is 2.26. The molecule has 0 aliphatic rings. The normalized spacial score (nSPS) is 14.6. The van der Waals surface area contributed by atoms with Gasteiger partial charge in [-0.25, -0.2) is 0 Å². The molecule has 3 N–H and O–H groups in total. The van der Waals surface area contributed by atoms with E-state index in [4.69, 9.17) is 10.8 Å². The fourth-order valence-electron chi connectivity index (χ4n) is 1.16. The fourth-order valence-corrected chi connectivity index (χ4v) is 1.43. The van der Waals surface area contributed by atoms with E-state index >= 15 is 0 Å². The largest absolute Gasteiger partial charge is 0.480 e. The Morgan fingerprint density at radius 3 is 2.47 bits per heavy atom. The van der Waals surface area contributed by atoms with Gasteiger partial charge in [0.1, 0.15) is 5.54 Å². The fraction of sp³-hybridized carbons (Fsp3) is 0.364. The lowest BCUT2D eigenvalue weighted by atomic mass is 9.95. The summed E-state index contributed by atoms with van der Waals surface area (Å²) in [7, 11) is 0. The molecule has 0 heterocycles. The van der Waals surface area contributed by atoms with Gasteiger partial charge in [-0.1, -0.05) is 28.1 Å². The Bertz CT molecular complexity index is 346. The van der Waals surface area contributed by atoms with Gasteiger partial charge in [-0.2, -0.15) is 0 Å². The van der Waals surface area contributed by atoms with Crippen LogP contribution in [0.1, 0.15) is 18.9 Å². The average molecular weight is 272 g/mol. The molecular weight excluding hydrogens is 258 g/mol. The summed E-state index contributed by atoms with van der Waals surface area (Å²) in [6.45, 7) is 1.54. The molecule has 82 valence electrons. The number of carboxylic acids is 1. The standard InChI is InChI=1S/C11H14BrNO2/c1-11(13,10(14)15)7-6-8-2-4-9(12)5-3-8/h2-5H,6-7,13H2,1H3,(H,14,15). The van der Waals surface area contributed by atoms with Crippen LogP contribution >= 0.6 is 15.9 Å². The smallest absolute Gasteiger partial charge is 0.323 e. The third-order valence-electron chi connectivity index (χ3n) is 2.33. The molecule has 4 heteroatoms. The second-order valence-corrected chi connectivity index (χ2v) is 4.76. The van der Waals surface area contributed by atoms with E-state index < -0.39 is 11.5 Å². The SMILES string of the molecule is CC(N)(CCc1ccc(Br)cc1)C(=O)O. The van der Waals surface area contributed by atoms with Crippen molar-refractivity contribution >= 4 is 21.9 Å². The molecule has 1 aromatic rings. The maximum atomic E-state index is 10.8. The lowest BCUT2D eigenvalue weighted by Gasteiger charge is -2.18. The van der Waals surface area contributed by atoms with E-state index in [-0.39, 0.29) is 0 Å². The molecule has 0 bridgehead atoms. The van der Waals surface area contributed by atoms with Crippen molar-refractivity contribution in [3.63, 3.8) is 0 Å². The topological polar surface area (TPSA) is 63.3 Å². The zero-order valence-corrected chi connectivity index (χ0v) is 10.1. The summed E-state index contributed by atoms with van der Waals surface area (Å²) in [4.78, 5) is 10.8. The van der Waals surface area contributed by atoms with Gasteiger partial charge in [0.05, 0.1) is 0 Å². The first-order chi connectivity index (χ1) is 6.92. The van der Waals surface area contributed by atoms with Crippen LogP contribution in [0.2, 0.25) is 0 Å². The molecule has 0 aliphatic carbocycles. The minimum atomic E-state index is -1.15. The molecule has 15 heavy (non-hydrogen) atoms. The second kappa shape index (κ2) is 4.77. The molecule has 0 spiro atoms. The van der Waals surface area contributed by atoms with Gasteiger partial charge in [0, 0.05) is 4.47 Å². The number of nitrogens with two attached hydrogens (primary N) is 1. The number of carbonyl (C=O) groups is 1. The van der Waals surface area contributed by atoms with Crippen LogP contribution in [0.3, 0.4) is 0 Å². The Kier molecular flexibility index (Phi) is 3.88. The van der Waals surface area contributed by atoms with Gasteiger partial charge < -0.3 is 10.8 Å². The highest BCUT2D eigenvalue weighted by atomic mass is 79.9. The van der Waals surface area contributed by atoms with Crippen LogP contribution in [0.4, 0.5) is 0 Å². The molecule has 0 fully saturated rings. The predicted molar refractivity (Wildman–Crippen MR) is 62.7 cm³/mol. The maximum absolute atomic E-state index is 10.8. The second-order valence-electron chi connectivity index (χ2n) is 3.85.